The molecule has 1 heterocycles. The van der Waals surface area contributed by atoms with Crippen molar-refractivity contribution in [3.63, 3.8) is 0 Å². The summed E-state index contributed by atoms with van der Waals surface area (Å²) in [7, 11) is -7.12. The Labute approximate surface area is 106 Å². The summed E-state index contributed by atoms with van der Waals surface area (Å²) in [4.78, 5) is 0. The van der Waals surface area contributed by atoms with Gasteiger partial charge in [-0.25, -0.2) is 26.3 Å². The summed E-state index contributed by atoms with van der Waals surface area (Å²) in [6, 6.07) is 1.30. The molecule has 1 aromatic heterocycles. The third-order valence-corrected chi connectivity index (χ3v) is 4.18. The van der Waals surface area contributed by atoms with Crippen LogP contribution >= 0.6 is 0 Å². The molecule has 1 rings (SSSR count). The van der Waals surface area contributed by atoms with Gasteiger partial charge in [0.15, 0.2) is 5.03 Å². The molecule has 0 aliphatic carbocycles. The number of rotatable bonds is 6. The first-order valence-corrected chi connectivity index (χ1v) is 8.37. The predicted molar refractivity (Wildman–Crippen MR) is 65.8 cm³/mol. The van der Waals surface area contributed by atoms with E-state index in [1.165, 1.54) is 12.3 Å². The highest BCUT2D eigenvalue weighted by atomic mass is 32.2. The van der Waals surface area contributed by atoms with Crippen LogP contribution in [0.4, 0.5) is 0 Å². The van der Waals surface area contributed by atoms with Crippen molar-refractivity contribution in [2.75, 3.05) is 12.8 Å². The van der Waals surface area contributed by atoms with E-state index in [-0.39, 0.29) is 11.6 Å². The molecule has 0 fully saturated rings. The van der Waals surface area contributed by atoms with Gasteiger partial charge in [0.25, 0.3) is 10.0 Å². The van der Waals surface area contributed by atoms with Crippen LogP contribution < -0.4 is 9.44 Å². The molecule has 0 radical (unpaired) electrons. The van der Waals surface area contributed by atoms with Gasteiger partial charge in [-0.05, 0) is 19.9 Å². The van der Waals surface area contributed by atoms with Crippen LogP contribution in [0.15, 0.2) is 17.3 Å². The Balaban J connectivity index is 2.71. The van der Waals surface area contributed by atoms with Gasteiger partial charge < -0.3 is 0 Å². The van der Waals surface area contributed by atoms with Crippen molar-refractivity contribution in [2.45, 2.75) is 24.4 Å². The molecule has 0 saturated carbocycles. The van der Waals surface area contributed by atoms with E-state index in [0.29, 0.717) is 0 Å². The van der Waals surface area contributed by atoms with Gasteiger partial charge in [-0.1, -0.05) is 0 Å². The fourth-order valence-electron chi connectivity index (χ4n) is 1.28. The minimum absolute atomic E-state index is 0.0716. The molecule has 8 nitrogen and oxygen atoms in total. The maximum absolute atomic E-state index is 11.7. The Kier molecular flexibility index (Phi) is 4.15. The summed E-state index contributed by atoms with van der Waals surface area (Å²) < 4.78 is 50.3. The van der Waals surface area contributed by atoms with Gasteiger partial charge in [-0.2, -0.15) is 5.10 Å². The Bertz CT molecular complexity index is 589. The van der Waals surface area contributed by atoms with Crippen LogP contribution in [0.5, 0.6) is 0 Å². The fourth-order valence-corrected chi connectivity index (χ4v) is 3.48. The summed E-state index contributed by atoms with van der Waals surface area (Å²) in [6.45, 7) is 3.06. The van der Waals surface area contributed by atoms with Gasteiger partial charge in [-0.15, -0.1) is 0 Å². The predicted octanol–water partition coefficient (Wildman–Crippen LogP) is -0.984. The number of hydrogen-bond donors (Lipinski definition) is 3. The van der Waals surface area contributed by atoms with E-state index in [9.17, 15) is 16.8 Å². The highest BCUT2D eigenvalue weighted by molar-refractivity contribution is 7.89. The summed E-state index contributed by atoms with van der Waals surface area (Å²) in [5, 5.41) is 5.79. The Morgan fingerprint density at radius 1 is 1.33 bits per heavy atom. The zero-order valence-electron chi connectivity index (χ0n) is 10.3. The number of aromatic nitrogens is 2. The minimum Gasteiger partial charge on any atom is -0.266 e. The van der Waals surface area contributed by atoms with Crippen LogP contribution in [0.2, 0.25) is 0 Å². The van der Waals surface area contributed by atoms with Crippen molar-refractivity contribution in [1.82, 2.24) is 19.6 Å². The average Bonchev–Trinajstić information content (AvgIpc) is 2.64. The van der Waals surface area contributed by atoms with Crippen LogP contribution in [0.25, 0.3) is 0 Å². The first-order chi connectivity index (χ1) is 8.02. The maximum Gasteiger partial charge on any atom is 0.257 e. The van der Waals surface area contributed by atoms with E-state index in [1.807, 2.05) is 0 Å². The molecule has 0 bridgehead atoms. The van der Waals surface area contributed by atoms with Crippen molar-refractivity contribution < 1.29 is 16.8 Å². The molecule has 0 aliphatic rings. The molecule has 3 N–H and O–H groups in total. The number of sulfonamides is 2. The van der Waals surface area contributed by atoms with E-state index >= 15 is 0 Å². The number of hydrogen-bond acceptors (Lipinski definition) is 5. The lowest BCUT2D eigenvalue weighted by Crippen LogP contribution is -2.50. The number of H-pyrrole nitrogens is 1. The second kappa shape index (κ2) is 4.96. The molecule has 104 valence electrons. The van der Waals surface area contributed by atoms with Crippen molar-refractivity contribution in [3.8, 4) is 0 Å². The Hall–Kier alpha value is -0.970. The average molecular weight is 296 g/mol. The normalized spacial score (nSPS) is 13.7. The molecule has 0 amide bonds. The van der Waals surface area contributed by atoms with Crippen molar-refractivity contribution in [2.24, 2.45) is 0 Å². The van der Waals surface area contributed by atoms with Crippen LogP contribution in [0, 0.1) is 0 Å². The molecule has 10 heteroatoms. The molecule has 0 saturated heterocycles. The smallest absolute Gasteiger partial charge is 0.257 e. The lowest BCUT2D eigenvalue weighted by Gasteiger charge is -2.24. The minimum atomic E-state index is -3.71. The molecule has 0 spiro atoms. The van der Waals surface area contributed by atoms with Crippen LogP contribution in [-0.2, 0) is 20.0 Å². The standard InChI is InChI=1S/C8H16N4O4S2/c1-8(2,12-17(3,13)14)6-10-18(15,16)7-4-5-9-11-7/h4-5,10,12H,6H2,1-3H3,(H,9,11). The molecule has 18 heavy (non-hydrogen) atoms. The third-order valence-electron chi connectivity index (χ3n) is 1.93. The van der Waals surface area contributed by atoms with Crippen molar-refractivity contribution in [1.29, 1.82) is 0 Å². The molecule has 0 aromatic carbocycles. The van der Waals surface area contributed by atoms with Crippen LogP contribution in [0.1, 0.15) is 13.8 Å². The third kappa shape index (κ3) is 4.72. The van der Waals surface area contributed by atoms with Crippen molar-refractivity contribution >= 4 is 20.0 Å². The Morgan fingerprint density at radius 3 is 2.39 bits per heavy atom. The Morgan fingerprint density at radius 2 is 1.94 bits per heavy atom. The monoisotopic (exact) mass is 296 g/mol. The van der Waals surface area contributed by atoms with Gasteiger partial charge in [0.05, 0.1) is 12.5 Å². The highest BCUT2D eigenvalue weighted by Gasteiger charge is 2.25. The van der Waals surface area contributed by atoms with Crippen molar-refractivity contribution in [3.05, 3.63) is 12.3 Å². The van der Waals surface area contributed by atoms with E-state index in [2.05, 4.69) is 19.6 Å². The first-order valence-electron chi connectivity index (χ1n) is 5.00. The summed E-state index contributed by atoms with van der Waals surface area (Å²) >= 11 is 0. The number of aromatic amines is 1. The largest absolute Gasteiger partial charge is 0.266 e. The highest BCUT2D eigenvalue weighted by Crippen LogP contribution is 2.06. The molecular weight excluding hydrogens is 280 g/mol. The van der Waals surface area contributed by atoms with Gasteiger partial charge in [0.2, 0.25) is 10.0 Å². The van der Waals surface area contributed by atoms with E-state index < -0.39 is 25.6 Å². The van der Waals surface area contributed by atoms with Gasteiger partial charge in [0, 0.05) is 12.1 Å². The second-order valence-electron chi connectivity index (χ2n) is 4.50. The van der Waals surface area contributed by atoms with Gasteiger partial charge in [-0.3, -0.25) is 5.10 Å². The lowest BCUT2D eigenvalue weighted by molar-refractivity contribution is 0.445. The molecule has 1 aromatic rings. The van der Waals surface area contributed by atoms with E-state index in [0.717, 1.165) is 6.26 Å². The zero-order chi connectivity index (χ0) is 14.0. The summed E-state index contributed by atoms with van der Waals surface area (Å²) in [5.41, 5.74) is -0.930. The van der Waals surface area contributed by atoms with Gasteiger partial charge in [0.1, 0.15) is 0 Å². The maximum atomic E-state index is 11.7. The fraction of sp³-hybridized carbons (Fsp3) is 0.625. The summed E-state index contributed by atoms with van der Waals surface area (Å²) in [6.07, 6.45) is 2.33. The quantitative estimate of drug-likeness (QED) is 0.622. The topological polar surface area (TPSA) is 121 Å². The zero-order valence-corrected chi connectivity index (χ0v) is 11.9. The number of nitrogens with zero attached hydrogens (tertiary/aromatic N) is 1. The first kappa shape index (κ1) is 15.1. The molecule has 0 atom stereocenters. The number of nitrogens with one attached hydrogen (secondary N) is 3. The lowest BCUT2D eigenvalue weighted by atomic mass is 10.1. The molecule has 0 unspecified atom stereocenters. The van der Waals surface area contributed by atoms with Crippen LogP contribution in [0.3, 0.4) is 0 Å². The van der Waals surface area contributed by atoms with Gasteiger partial charge >= 0.3 is 0 Å². The van der Waals surface area contributed by atoms with Crippen LogP contribution in [-0.4, -0.2) is 45.4 Å². The van der Waals surface area contributed by atoms with E-state index in [1.54, 1.807) is 13.8 Å². The molecular formula is C8H16N4O4S2. The summed E-state index contributed by atoms with van der Waals surface area (Å²) in [5.74, 6) is 0. The molecule has 0 aliphatic heterocycles. The SMILES string of the molecule is CC(C)(CNS(=O)(=O)c1ccn[nH]1)NS(C)(=O)=O. The van der Waals surface area contributed by atoms with E-state index in [4.69, 9.17) is 0 Å². The second-order valence-corrected chi connectivity index (χ2v) is 7.99.